The molecule has 1 aliphatic rings. The number of unbranched alkanes of at least 4 members (excludes halogenated alkanes) is 1. The lowest BCUT2D eigenvalue weighted by Gasteiger charge is -2.28. The molecule has 31 heavy (non-hydrogen) atoms. The van der Waals surface area contributed by atoms with Gasteiger partial charge in [0, 0.05) is 18.0 Å². The van der Waals surface area contributed by atoms with Gasteiger partial charge in [-0.15, -0.1) is 0 Å². The van der Waals surface area contributed by atoms with Crippen molar-refractivity contribution in [2.24, 2.45) is 5.92 Å². The van der Waals surface area contributed by atoms with E-state index in [1.165, 1.54) is 0 Å². The van der Waals surface area contributed by atoms with Crippen LogP contribution < -0.4 is 4.74 Å². The minimum absolute atomic E-state index is 0.177. The highest BCUT2D eigenvalue weighted by Gasteiger charge is 2.27. The fourth-order valence-corrected chi connectivity index (χ4v) is 4.16. The highest BCUT2D eigenvalue weighted by molar-refractivity contribution is 9.10. The normalized spacial score (nSPS) is 19.6. The molecule has 1 aromatic heterocycles. The predicted octanol–water partition coefficient (Wildman–Crippen LogP) is 6.22. The van der Waals surface area contributed by atoms with Crippen molar-refractivity contribution in [2.75, 3.05) is 6.61 Å². The number of hydrogen-bond acceptors (Lipinski definition) is 5. The number of aromatic nitrogens is 2. The second-order valence-electron chi connectivity index (χ2n) is 8.23. The smallest absolute Gasteiger partial charge is 0.340 e. The quantitative estimate of drug-likeness (QED) is 0.388. The van der Waals surface area contributed by atoms with Gasteiger partial charge in [-0.25, -0.2) is 19.2 Å². The molecule has 1 heterocycles. The monoisotopic (exact) mass is 492 g/mol. The molecular weight excluding hydrogens is 463 g/mol. The number of alkyl halides is 1. The van der Waals surface area contributed by atoms with E-state index in [-0.39, 0.29) is 12.5 Å². The van der Waals surface area contributed by atoms with Crippen LogP contribution >= 0.6 is 15.9 Å². The molecule has 1 aliphatic carbocycles. The molecule has 0 spiro atoms. The first-order chi connectivity index (χ1) is 15.0. The number of halogens is 2. The number of esters is 1. The third-order valence-corrected chi connectivity index (χ3v) is 6.21. The standard InChI is InChI=1S/C24H30BrFN2O3/c1-3-4-5-21(26)24(29)31-19-9-6-17(7-10-19)15-30-22-11-8-18(12-20(22)25)23-27-13-16(2)14-28-23/h8,11-14,17,19,21H,3-7,9-10,15H2,1-2H3/t17-,19-,21-/m0/s1. The average molecular weight is 493 g/mol. The van der Waals surface area contributed by atoms with Crippen molar-refractivity contribution >= 4 is 21.9 Å². The Morgan fingerprint density at radius 1 is 1.23 bits per heavy atom. The van der Waals surface area contributed by atoms with Crippen molar-refractivity contribution in [3.63, 3.8) is 0 Å². The summed E-state index contributed by atoms with van der Waals surface area (Å²) >= 11 is 3.58. The van der Waals surface area contributed by atoms with E-state index >= 15 is 0 Å². The van der Waals surface area contributed by atoms with Gasteiger partial charge in [0.05, 0.1) is 11.1 Å². The average Bonchev–Trinajstić information content (AvgIpc) is 2.78. The molecule has 7 heteroatoms. The summed E-state index contributed by atoms with van der Waals surface area (Å²) < 4.78 is 26.1. The van der Waals surface area contributed by atoms with E-state index in [4.69, 9.17) is 9.47 Å². The lowest BCUT2D eigenvalue weighted by atomic mass is 9.88. The Balaban J connectivity index is 1.44. The summed E-state index contributed by atoms with van der Waals surface area (Å²) in [5.41, 5.74) is 1.94. The number of hydrogen-bond donors (Lipinski definition) is 0. The highest BCUT2D eigenvalue weighted by atomic mass is 79.9. The van der Waals surface area contributed by atoms with Gasteiger partial charge in [-0.2, -0.15) is 0 Å². The maximum atomic E-state index is 13.8. The van der Waals surface area contributed by atoms with E-state index in [9.17, 15) is 9.18 Å². The molecule has 0 unspecified atom stereocenters. The van der Waals surface area contributed by atoms with Crippen LogP contribution in [-0.4, -0.2) is 34.8 Å². The summed E-state index contributed by atoms with van der Waals surface area (Å²) in [7, 11) is 0. The van der Waals surface area contributed by atoms with Crippen LogP contribution in [0.5, 0.6) is 5.75 Å². The van der Waals surface area contributed by atoms with Crippen LogP contribution in [0.3, 0.4) is 0 Å². The fourth-order valence-electron chi connectivity index (χ4n) is 3.66. The van der Waals surface area contributed by atoms with E-state index < -0.39 is 12.1 Å². The first kappa shape index (κ1) is 23.6. The van der Waals surface area contributed by atoms with Gasteiger partial charge in [-0.3, -0.25) is 0 Å². The van der Waals surface area contributed by atoms with Gasteiger partial charge >= 0.3 is 5.97 Å². The van der Waals surface area contributed by atoms with Crippen molar-refractivity contribution in [3.05, 3.63) is 40.6 Å². The second-order valence-corrected chi connectivity index (χ2v) is 9.08. The van der Waals surface area contributed by atoms with Crippen LogP contribution in [0.15, 0.2) is 35.1 Å². The Morgan fingerprint density at radius 2 is 1.94 bits per heavy atom. The minimum atomic E-state index is -1.49. The summed E-state index contributed by atoms with van der Waals surface area (Å²) in [6.45, 7) is 4.54. The third kappa shape index (κ3) is 6.99. The molecule has 0 amide bonds. The van der Waals surface area contributed by atoms with Crippen molar-refractivity contribution in [3.8, 4) is 17.1 Å². The molecule has 0 N–H and O–H groups in total. The van der Waals surface area contributed by atoms with Crippen LogP contribution in [0.4, 0.5) is 4.39 Å². The molecular formula is C24H30BrFN2O3. The Hall–Kier alpha value is -2.02. The van der Waals surface area contributed by atoms with Gasteiger partial charge in [0.15, 0.2) is 12.0 Å². The number of nitrogens with zero attached hydrogens (tertiary/aromatic N) is 2. The summed E-state index contributed by atoms with van der Waals surface area (Å²) in [6.07, 6.45) is 7.06. The number of rotatable bonds is 9. The summed E-state index contributed by atoms with van der Waals surface area (Å²) in [5, 5.41) is 0. The Morgan fingerprint density at radius 3 is 2.58 bits per heavy atom. The zero-order valence-electron chi connectivity index (χ0n) is 18.2. The van der Waals surface area contributed by atoms with E-state index in [2.05, 4.69) is 25.9 Å². The first-order valence-corrected chi connectivity index (χ1v) is 11.8. The lowest BCUT2D eigenvalue weighted by molar-refractivity contribution is -0.157. The van der Waals surface area contributed by atoms with Gasteiger partial charge < -0.3 is 9.47 Å². The van der Waals surface area contributed by atoms with E-state index in [1.54, 1.807) is 12.4 Å². The van der Waals surface area contributed by atoms with E-state index in [0.717, 1.165) is 53.5 Å². The number of carbonyl (C=O) groups is 1. The second kappa shape index (κ2) is 11.6. The molecule has 0 radical (unpaired) electrons. The van der Waals surface area contributed by atoms with Gasteiger partial charge in [0.2, 0.25) is 0 Å². The summed E-state index contributed by atoms with van der Waals surface area (Å²) in [6, 6.07) is 5.84. The summed E-state index contributed by atoms with van der Waals surface area (Å²) in [4.78, 5) is 20.6. The van der Waals surface area contributed by atoms with Crippen molar-refractivity contribution in [1.82, 2.24) is 9.97 Å². The predicted molar refractivity (Wildman–Crippen MR) is 122 cm³/mol. The zero-order valence-corrected chi connectivity index (χ0v) is 19.7. The molecule has 1 aromatic carbocycles. The van der Waals surface area contributed by atoms with Crippen molar-refractivity contribution in [1.29, 1.82) is 0 Å². The number of ether oxygens (including phenoxy) is 2. The van der Waals surface area contributed by atoms with Gasteiger partial charge in [-0.1, -0.05) is 19.8 Å². The molecule has 3 rings (SSSR count). The molecule has 0 aliphatic heterocycles. The molecule has 1 fully saturated rings. The van der Waals surface area contributed by atoms with Crippen LogP contribution in [0.2, 0.25) is 0 Å². The van der Waals surface area contributed by atoms with Crippen molar-refractivity contribution < 1.29 is 18.7 Å². The largest absolute Gasteiger partial charge is 0.492 e. The Bertz CT molecular complexity index is 854. The SMILES string of the molecule is CCCC[C@H](F)C(=O)O[C@H]1CC[C@H](COc2ccc(-c3ncc(C)cn3)cc2Br)CC1. The topological polar surface area (TPSA) is 61.3 Å². The van der Waals surface area contributed by atoms with Gasteiger partial charge in [-0.05, 0) is 84.6 Å². The maximum absolute atomic E-state index is 13.8. The number of benzene rings is 1. The first-order valence-electron chi connectivity index (χ1n) is 11.0. The number of carbonyl (C=O) groups excluding carboxylic acids is 1. The summed E-state index contributed by atoms with van der Waals surface area (Å²) in [5.74, 6) is 1.15. The molecule has 2 aromatic rings. The molecule has 0 bridgehead atoms. The van der Waals surface area contributed by atoms with Crippen LogP contribution in [0.1, 0.15) is 57.4 Å². The number of aryl methyl sites for hydroxylation is 1. The van der Waals surface area contributed by atoms with Crippen molar-refractivity contribution in [2.45, 2.75) is 71.1 Å². The maximum Gasteiger partial charge on any atom is 0.340 e. The van der Waals surface area contributed by atoms with Crippen LogP contribution in [0.25, 0.3) is 11.4 Å². The van der Waals surface area contributed by atoms with E-state index in [0.29, 0.717) is 24.8 Å². The zero-order chi connectivity index (χ0) is 22.2. The molecule has 1 saturated carbocycles. The third-order valence-electron chi connectivity index (χ3n) is 5.59. The molecule has 1 atom stereocenters. The van der Waals surface area contributed by atoms with Gasteiger partial charge in [0.25, 0.3) is 0 Å². The van der Waals surface area contributed by atoms with Gasteiger partial charge in [0.1, 0.15) is 11.9 Å². The molecule has 5 nitrogen and oxygen atoms in total. The fraction of sp³-hybridized carbons (Fsp3) is 0.542. The molecule has 0 saturated heterocycles. The highest BCUT2D eigenvalue weighted by Crippen LogP contribution is 2.32. The Kier molecular flexibility index (Phi) is 8.81. The lowest BCUT2D eigenvalue weighted by Crippen LogP contribution is -2.30. The van der Waals surface area contributed by atoms with E-state index in [1.807, 2.05) is 32.0 Å². The molecule has 168 valence electrons. The minimum Gasteiger partial charge on any atom is -0.492 e. The van der Waals surface area contributed by atoms with Crippen LogP contribution in [-0.2, 0) is 9.53 Å². The Labute approximate surface area is 191 Å². The van der Waals surface area contributed by atoms with Crippen LogP contribution in [0, 0.1) is 12.8 Å².